The third-order valence-corrected chi connectivity index (χ3v) is 4.09. The third kappa shape index (κ3) is 4.01. The van der Waals surface area contributed by atoms with Crippen LogP contribution in [0, 0.1) is 6.92 Å². The Labute approximate surface area is 145 Å². The van der Waals surface area contributed by atoms with E-state index in [1.165, 1.54) is 11.8 Å². The average Bonchev–Trinajstić information content (AvgIpc) is 2.62. The van der Waals surface area contributed by atoms with Crippen molar-refractivity contribution in [1.82, 2.24) is 15.3 Å². The van der Waals surface area contributed by atoms with Gasteiger partial charge in [-0.3, -0.25) is 4.79 Å². The Morgan fingerprint density at radius 1 is 1.29 bits per heavy atom. The Bertz CT molecular complexity index is 715. The number of benzene rings is 1. The van der Waals surface area contributed by atoms with Crippen molar-refractivity contribution in [2.24, 2.45) is 0 Å². The monoisotopic (exact) mass is 346 g/mol. The fourth-order valence-corrected chi connectivity index (χ4v) is 2.58. The number of hydrogen-bond donors (Lipinski definition) is 1. The van der Waals surface area contributed by atoms with Gasteiger partial charge >= 0.3 is 0 Å². The zero-order valence-electron chi connectivity index (χ0n) is 13.5. The Hall–Kier alpha value is -2.18. The number of halogens is 1. The first-order chi connectivity index (χ1) is 11.6. The molecule has 0 radical (unpaired) electrons. The van der Waals surface area contributed by atoms with Crippen LogP contribution in [0.4, 0.5) is 5.95 Å². The lowest BCUT2D eigenvalue weighted by molar-refractivity contribution is 0.0945. The van der Waals surface area contributed by atoms with E-state index < -0.39 is 0 Å². The number of carbonyl (C=O) groups excluding carboxylic acids is 1. The molecule has 0 bridgehead atoms. The molecule has 1 N–H and O–H groups in total. The van der Waals surface area contributed by atoms with Crippen LogP contribution >= 0.6 is 11.6 Å². The second kappa shape index (κ2) is 7.59. The van der Waals surface area contributed by atoms with E-state index in [-0.39, 0.29) is 16.6 Å². The molecule has 1 fully saturated rings. The second-order valence-corrected chi connectivity index (χ2v) is 6.04. The molecular weight excluding hydrogens is 328 g/mol. The molecule has 0 unspecified atom stereocenters. The minimum atomic E-state index is -0.308. The van der Waals surface area contributed by atoms with E-state index >= 15 is 0 Å². The standard InChI is InChI=1S/C17H19ClN4O2/c1-12-2-4-13(5-3-12)10-19-16(23)15-14(18)11-20-17(21-15)22-6-8-24-9-7-22/h2-5,11H,6-10H2,1H3,(H,19,23). The predicted molar refractivity (Wildman–Crippen MR) is 92.4 cm³/mol. The highest BCUT2D eigenvalue weighted by Gasteiger charge is 2.18. The zero-order valence-corrected chi connectivity index (χ0v) is 14.2. The number of morpholine rings is 1. The van der Waals surface area contributed by atoms with E-state index in [4.69, 9.17) is 16.3 Å². The van der Waals surface area contributed by atoms with E-state index in [0.717, 1.165) is 5.56 Å². The van der Waals surface area contributed by atoms with Crippen LogP contribution in [0.5, 0.6) is 0 Å². The van der Waals surface area contributed by atoms with Gasteiger partial charge in [0.05, 0.1) is 24.4 Å². The highest BCUT2D eigenvalue weighted by molar-refractivity contribution is 6.33. The second-order valence-electron chi connectivity index (χ2n) is 5.63. The number of carbonyl (C=O) groups is 1. The molecule has 2 heterocycles. The summed E-state index contributed by atoms with van der Waals surface area (Å²) in [6, 6.07) is 7.98. The maximum absolute atomic E-state index is 12.4. The fourth-order valence-electron chi connectivity index (χ4n) is 2.40. The van der Waals surface area contributed by atoms with Gasteiger partial charge in [0.1, 0.15) is 0 Å². The van der Waals surface area contributed by atoms with Gasteiger partial charge in [0.2, 0.25) is 5.95 Å². The van der Waals surface area contributed by atoms with Crippen molar-refractivity contribution >= 4 is 23.5 Å². The van der Waals surface area contributed by atoms with Crippen LogP contribution in [-0.2, 0) is 11.3 Å². The Morgan fingerprint density at radius 3 is 2.71 bits per heavy atom. The Morgan fingerprint density at radius 2 is 2.00 bits per heavy atom. The van der Waals surface area contributed by atoms with Crippen molar-refractivity contribution < 1.29 is 9.53 Å². The zero-order chi connectivity index (χ0) is 16.9. The number of amides is 1. The molecule has 0 atom stereocenters. The molecule has 1 aliphatic heterocycles. The lowest BCUT2D eigenvalue weighted by Gasteiger charge is -2.26. The minimum Gasteiger partial charge on any atom is -0.378 e. The molecule has 1 aromatic carbocycles. The summed E-state index contributed by atoms with van der Waals surface area (Å²) >= 11 is 6.10. The quantitative estimate of drug-likeness (QED) is 0.919. The summed E-state index contributed by atoms with van der Waals surface area (Å²) in [5.41, 5.74) is 2.40. The maximum atomic E-state index is 12.4. The van der Waals surface area contributed by atoms with E-state index in [0.29, 0.717) is 38.8 Å². The highest BCUT2D eigenvalue weighted by atomic mass is 35.5. The summed E-state index contributed by atoms with van der Waals surface area (Å²) in [6.07, 6.45) is 1.47. The fraction of sp³-hybridized carbons (Fsp3) is 0.353. The first-order valence-corrected chi connectivity index (χ1v) is 8.20. The lowest BCUT2D eigenvalue weighted by atomic mass is 10.1. The molecule has 1 aliphatic rings. The number of ether oxygens (including phenoxy) is 1. The first-order valence-electron chi connectivity index (χ1n) is 7.82. The van der Waals surface area contributed by atoms with Gasteiger partial charge < -0.3 is 15.0 Å². The molecule has 3 rings (SSSR count). The summed E-state index contributed by atoms with van der Waals surface area (Å²) in [6.45, 7) is 5.10. The van der Waals surface area contributed by atoms with Crippen molar-refractivity contribution in [3.8, 4) is 0 Å². The molecule has 0 aliphatic carbocycles. The number of nitrogens with zero attached hydrogens (tertiary/aromatic N) is 3. The average molecular weight is 347 g/mol. The minimum absolute atomic E-state index is 0.195. The number of rotatable bonds is 4. The van der Waals surface area contributed by atoms with Crippen LogP contribution in [0.3, 0.4) is 0 Å². The van der Waals surface area contributed by atoms with Gasteiger partial charge in [-0.05, 0) is 12.5 Å². The summed E-state index contributed by atoms with van der Waals surface area (Å²) in [7, 11) is 0. The van der Waals surface area contributed by atoms with E-state index in [9.17, 15) is 4.79 Å². The summed E-state index contributed by atoms with van der Waals surface area (Å²) < 4.78 is 5.32. The molecule has 0 saturated carbocycles. The number of hydrogen-bond acceptors (Lipinski definition) is 5. The Balaban J connectivity index is 1.70. The van der Waals surface area contributed by atoms with Crippen LogP contribution in [0.2, 0.25) is 5.02 Å². The molecule has 0 spiro atoms. The van der Waals surface area contributed by atoms with Crippen LogP contribution in [-0.4, -0.2) is 42.2 Å². The predicted octanol–water partition coefficient (Wildman–Crippen LogP) is 2.21. The van der Waals surface area contributed by atoms with Gasteiger partial charge in [-0.15, -0.1) is 0 Å². The summed E-state index contributed by atoms with van der Waals surface area (Å²) in [4.78, 5) is 23.0. The van der Waals surface area contributed by atoms with Gasteiger partial charge in [0.25, 0.3) is 5.91 Å². The van der Waals surface area contributed by atoms with E-state index in [1.807, 2.05) is 36.1 Å². The Kier molecular flexibility index (Phi) is 5.27. The van der Waals surface area contributed by atoms with Crippen molar-refractivity contribution in [2.45, 2.75) is 13.5 Å². The number of aromatic nitrogens is 2. The molecular formula is C17H19ClN4O2. The molecule has 2 aromatic rings. The summed E-state index contributed by atoms with van der Waals surface area (Å²) in [5, 5.41) is 3.09. The molecule has 7 heteroatoms. The molecule has 24 heavy (non-hydrogen) atoms. The normalized spacial score (nSPS) is 14.5. The van der Waals surface area contributed by atoms with E-state index in [1.54, 1.807) is 0 Å². The SMILES string of the molecule is Cc1ccc(CNC(=O)c2nc(N3CCOCC3)ncc2Cl)cc1. The van der Waals surface area contributed by atoms with Crippen LogP contribution in [0.1, 0.15) is 21.6 Å². The molecule has 1 amide bonds. The number of nitrogens with one attached hydrogen (secondary N) is 1. The highest BCUT2D eigenvalue weighted by Crippen LogP contribution is 2.17. The van der Waals surface area contributed by atoms with Crippen molar-refractivity contribution in [1.29, 1.82) is 0 Å². The number of aryl methyl sites for hydroxylation is 1. The molecule has 1 aromatic heterocycles. The van der Waals surface area contributed by atoms with Crippen LogP contribution in [0.25, 0.3) is 0 Å². The van der Waals surface area contributed by atoms with Crippen molar-refractivity contribution in [3.63, 3.8) is 0 Å². The molecule has 6 nitrogen and oxygen atoms in total. The van der Waals surface area contributed by atoms with Crippen molar-refractivity contribution in [2.75, 3.05) is 31.2 Å². The van der Waals surface area contributed by atoms with Gasteiger partial charge in [-0.1, -0.05) is 41.4 Å². The van der Waals surface area contributed by atoms with Gasteiger partial charge in [-0.25, -0.2) is 9.97 Å². The van der Waals surface area contributed by atoms with Gasteiger partial charge in [-0.2, -0.15) is 0 Å². The maximum Gasteiger partial charge on any atom is 0.271 e. The summed E-state index contributed by atoms with van der Waals surface area (Å²) in [5.74, 6) is 0.195. The van der Waals surface area contributed by atoms with Crippen LogP contribution in [0.15, 0.2) is 30.5 Å². The third-order valence-electron chi connectivity index (χ3n) is 3.81. The van der Waals surface area contributed by atoms with E-state index in [2.05, 4.69) is 15.3 Å². The molecule has 126 valence electrons. The largest absolute Gasteiger partial charge is 0.378 e. The topological polar surface area (TPSA) is 67.4 Å². The lowest BCUT2D eigenvalue weighted by Crippen LogP contribution is -2.37. The number of anilines is 1. The van der Waals surface area contributed by atoms with Gasteiger partial charge in [0.15, 0.2) is 5.69 Å². The van der Waals surface area contributed by atoms with Crippen LogP contribution < -0.4 is 10.2 Å². The van der Waals surface area contributed by atoms with Gasteiger partial charge in [0, 0.05) is 19.6 Å². The smallest absolute Gasteiger partial charge is 0.271 e. The van der Waals surface area contributed by atoms with Crippen molar-refractivity contribution in [3.05, 3.63) is 52.3 Å². The first kappa shape index (κ1) is 16.7. The molecule has 1 saturated heterocycles.